The van der Waals surface area contributed by atoms with Gasteiger partial charge in [-0.2, -0.15) is 5.10 Å². The monoisotopic (exact) mass is 503 g/mol. The first-order chi connectivity index (χ1) is 17.9. The molecule has 1 aliphatic heterocycles. The van der Waals surface area contributed by atoms with Crippen molar-refractivity contribution in [1.29, 1.82) is 0 Å². The summed E-state index contributed by atoms with van der Waals surface area (Å²) in [5.41, 5.74) is 15.5. The number of benzene rings is 2. The Kier molecular flexibility index (Phi) is 6.99. The van der Waals surface area contributed by atoms with Gasteiger partial charge in [0.25, 0.3) is 5.91 Å². The predicted molar refractivity (Wildman–Crippen MR) is 140 cm³/mol. The average Bonchev–Trinajstić information content (AvgIpc) is 3.25. The van der Waals surface area contributed by atoms with E-state index in [0.717, 1.165) is 50.0 Å². The van der Waals surface area contributed by atoms with Gasteiger partial charge in [-0.05, 0) is 43.4 Å². The molecule has 1 amide bonds. The van der Waals surface area contributed by atoms with Crippen molar-refractivity contribution in [1.82, 2.24) is 15.1 Å². The molecule has 1 saturated heterocycles. The summed E-state index contributed by atoms with van der Waals surface area (Å²) in [4.78, 5) is 24.9. The van der Waals surface area contributed by atoms with Crippen molar-refractivity contribution >= 4 is 17.5 Å². The van der Waals surface area contributed by atoms with Crippen LogP contribution >= 0.6 is 0 Å². The Labute approximate surface area is 216 Å². The topological polar surface area (TPSA) is 134 Å². The lowest BCUT2D eigenvalue weighted by atomic mass is 9.71. The number of anilines is 1. The van der Waals surface area contributed by atoms with E-state index in [0.29, 0.717) is 34.8 Å². The van der Waals surface area contributed by atoms with Gasteiger partial charge in [0.05, 0.1) is 38.5 Å². The fourth-order valence-electron chi connectivity index (χ4n) is 5.38. The first-order valence-corrected chi connectivity index (χ1v) is 12.6. The molecule has 2 aromatic carbocycles. The van der Waals surface area contributed by atoms with Crippen molar-refractivity contribution in [2.45, 2.75) is 38.3 Å². The number of aromatic nitrogens is 2. The van der Waals surface area contributed by atoms with Gasteiger partial charge in [-0.1, -0.05) is 36.4 Å². The van der Waals surface area contributed by atoms with Crippen molar-refractivity contribution in [3.8, 4) is 17.0 Å². The summed E-state index contributed by atoms with van der Waals surface area (Å²) < 4.78 is 12.5. The van der Waals surface area contributed by atoms with Crippen molar-refractivity contribution in [3.63, 3.8) is 0 Å². The number of nitrogen functional groups attached to an aromatic ring is 1. The molecule has 3 aromatic rings. The Balaban J connectivity index is 1.26. The number of rotatable bonds is 9. The molecular formula is C28H33N5O4. The summed E-state index contributed by atoms with van der Waals surface area (Å²) in [5.74, 6) is 0.264. The van der Waals surface area contributed by atoms with E-state index >= 15 is 0 Å². The number of ether oxygens (including phenoxy) is 2. The number of hydrogen-bond donors (Lipinski definition) is 3. The number of carbonyl (C=O) groups excluding carboxylic acids is 2. The Morgan fingerprint density at radius 2 is 1.84 bits per heavy atom. The van der Waals surface area contributed by atoms with Crippen molar-refractivity contribution in [2.24, 2.45) is 11.1 Å². The Bertz CT molecular complexity index is 1290. The minimum atomic E-state index is -0.584. The summed E-state index contributed by atoms with van der Waals surface area (Å²) >= 11 is 0. The molecule has 2 fully saturated rings. The number of carbonyl (C=O) groups is 2. The van der Waals surface area contributed by atoms with Gasteiger partial charge in [0.15, 0.2) is 5.78 Å². The molecule has 0 atom stereocenters. The number of primary amides is 1. The molecule has 37 heavy (non-hydrogen) atoms. The molecule has 1 aliphatic carbocycles. The van der Waals surface area contributed by atoms with Gasteiger partial charge in [-0.15, -0.1) is 0 Å². The maximum Gasteiger partial charge on any atom is 0.254 e. The van der Waals surface area contributed by atoms with E-state index in [2.05, 4.69) is 5.32 Å². The number of Topliss-reactive ketones (excluding diaryl/α,β-unsaturated/α-hetero) is 1. The van der Waals surface area contributed by atoms with Crippen LogP contribution < -0.4 is 21.5 Å². The van der Waals surface area contributed by atoms with E-state index in [1.165, 1.54) is 0 Å². The third-order valence-electron chi connectivity index (χ3n) is 7.62. The second-order valence-corrected chi connectivity index (χ2v) is 10.1. The van der Waals surface area contributed by atoms with Crippen molar-refractivity contribution in [2.75, 3.05) is 32.6 Å². The molecule has 0 radical (unpaired) electrons. The van der Waals surface area contributed by atoms with Gasteiger partial charge < -0.3 is 26.3 Å². The van der Waals surface area contributed by atoms with E-state index in [9.17, 15) is 9.59 Å². The maximum absolute atomic E-state index is 12.6. The molecule has 2 aliphatic rings. The van der Waals surface area contributed by atoms with Crippen LogP contribution in [-0.2, 0) is 11.3 Å². The van der Waals surface area contributed by atoms with Crippen LogP contribution in [0.2, 0.25) is 0 Å². The van der Waals surface area contributed by atoms with E-state index < -0.39 is 5.91 Å². The second-order valence-electron chi connectivity index (χ2n) is 10.1. The van der Waals surface area contributed by atoms with E-state index in [-0.39, 0.29) is 23.9 Å². The van der Waals surface area contributed by atoms with Crippen molar-refractivity contribution in [3.05, 3.63) is 65.2 Å². The molecule has 1 aromatic heterocycles. The summed E-state index contributed by atoms with van der Waals surface area (Å²) in [5, 5.41) is 7.95. The van der Waals surface area contributed by atoms with Gasteiger partial charge in [0.1, 0.15) is 22.8 Å². The molecule has 0 bridgehead atoms. The molecule has 9 heteroatoms. The number of nitrogens with two attached hydrogens (primary N) is 2. The molecule has 1 spiro atoms. The number of para-hydroxylation sites is 1. The Morgan fingerprint density at radius 3 is 2.46 bits per heavy atom. The van der Waals surface area contributed by atoms with Crippen molar-refractivity contribution < 1.29 is 19.1 Å². The maximum atomic E-state index is 12.6. The van der Waals surface area contributed by atoms with E-state index in [4.69, 9.17) is 26.0 Å². The normalized spacial score (nSPS) is 16.9. The van der Waals surface area contributed by atoms with Crippen LogP contribution in [0.3, 0.4) is 0 Å². The largest absolute Gasteiger partial charge is 0.496 e. The third-order valence-corrected chi connectivity index (χ3v) is 7.62. The molecule has 9 nitrogen and oxygen atoms in total. The molecule has 1 saturated carbocycles. The Hall–Kier alpha value is -3.69. The fourth-order valence-corrected chi connectivity index (χ4v) is 5.38. The predicted octanol–water partition coefficient (Wildman–Crippen LogP) is 3.34. The van der Waals surface area contributed by atoms with Gasteiger partial charge in [-0.3, -0.25) is 9.59 Å². The first kappa shape index (κ1) is 25.0. The number of ketones is 1. The molecular weight excluding hydrogens is 470 g/mol. The zero-order chi connectivity index (χ0) is 26.0. The van der Waals surface area contributed by atoms with Crippen LogP contribution in [0.1, 0.15) is 58.0 Å². The zero-order valence-corrected chi connectivity index (χ0v) is 21.0. The molecule has 2 heterocycles. The lowest BCUT2D eigenvalue weighted by molar-refractivity contribution is -0.135. The van der Waals surface area contributed by atoms with Crippen LogP contribution in [0, 0.1) is 5.41 Å². The van der Waals surface area contributed by atoms with Gasteiger partial charge in [0.2, 0.25) is 0 Å². The quantitative estimate of drug-likeness (QED) is 0.381. The van der Waals surface area contributed by atoms with Gasteiger partial charge in [0, 0.05) is 17.5 Å². The smallest absolute Gasteiger partial charge is 0.254 e. The van der Waals surface area contributed by atoms with Crippen LogP contribution in [0.4, 0.5) is 5.82 Å². The lowest BCUT2D eigenvalue weighted by Crippen LogP contribution is -2.45. The SMILES string of the molecule is COc1ccccc1C(=O)CNCc1ccc(-c2nn(C3CCC4(CC3)COC4)c(N)c2C(N)=O)cc1. The minimum Gasteiger partial charge on any atom is -0.496 e. The van der Waals surface area contributed by atoms with Crippen LogP contribution in [0.5, 0.6) is 5.75 Å². The fraction of sp³-hybridized carbons (Fsp3) is 0.393. The molecule has 0 unspecified atom stereocenters. The highest BCUT2D eigenvalue weighted by molar-refractivity contribution is 6.03. The summed E-state index contributed by atoms with van der Waals surface area (Å²) in [6.07, 6.45) is 4.04. The molecule has 5 rings (SSSR count). The van der Waals surface area contributed by atoms with Crippen LogP contribution in [0.25, 0.3) is 11.3 Å². The Morgan fingerprint density at radius 1 is 1.14 bits per heavy atom. The summed E-state index contributed by atoms with van der Waals surface area (Å²) in [6, 6.07) is 15.0. The highest BCUT2D eigenvalue weighted by atomic mass is 16.5. The van der Waals surface area contributed by atoms with Gasteiger partial charge in [-0.25, -0.2) is 4.68 Å². The number of hydrogen-bond acceptors (Lipinski definition) is 7. The first-order valence-electron chi connectivity index (χ1n) is 12.6. The summed E-state index contributed by atoms with van der Waals surface area (Å²) in [7, 11) is 1.55. The summed E-state index contributed by atoms with van der Waals surface area (Å²) in [6.45, 7) is 2.36. The number of methoxy groups -OCH3 is 1. The molecule has 5 N–H and O–H groups in total. The van der Waals surface area contributed by atoms with E-state index in [1.54, 1.807) is 23.9 Å². The van der Waals surface area contributed by atoms with Gasteiger partial charge >= 0.3 is 0 Å². The van der Waals surface area contributed by atoms with Crippen LogP contribution in [-0.4, -0.2) is 48.3 Å². The molecule has 194 valence electrons. The number of nitrogens with one attached hydrogen (secondary N) is 1. The zero-order valence-electron chi connectivity index (χ0n) is 21.0. The third kappa shape index (κ3) is 4.97. The van der Waals surface area contributed by atoms with E-state index in [1.807, 2.05) is 36.4 Å². The second kappa shape index (κ2) is 10.4. The van der Waals surface area contributed by atoms with Crippen LogP contribution in [0.15, 0.2) is 48.5 Å². The number of nitrogens with zero attached hydrogens (tertiary/aromatic N) is 2. The highest BCUT2D eigenvalue weighted by Gasteiger charge is 2.42. The average molecular weight is 504 g/mol. The lowest BCUT2D eigenvalue weighted by Gasteiger charge is -2.46. The minimum absolute atomic E-state index is 0.0420. The highest BCUT2D eigenvalue weighted by Crippen LogP contribution is 2.46. The standard InChI is InChI=1S/C28H33N5O4/c1-36-23-5-3-2-4-21(23)22(34)15-31-14-18-6-8-19(9-7-18)25-24(27(30)35)26(29)33(32-25)20-10-12-28(13-11-20)16-37-17-28/h2-9,20,31H,10-17,29H2,1H3,(H2,30,35). The number of amides is 1.